The molecule has 0 aliphatic carbocycles. The van der Waals surface area contributed by atoms with E-state index in [2.05, 4.69) is 12.2 Å². The highest BCUT2D eigenvalue weighted by molar-refractivity contribution is 5.77. The van der Waals surface area contributed by atoms with Crippen molar-refractivity contribution in [1.29, 1.82) is 0 Å². The minimum Gasteiger partial charge on any atom is -0.504 e. The van der Waals surface area contributed by atoms with Crippen LogP contribution in [0.2, 0.25) is 0 Å². The number of rotatable bonds is 6. The van der Waals surface area contributed by atoms with E-state index in [0.717, 1.165) is 12.8 Å². The van der Waals surface area contributed by atoms with E-state index in [-0.39, 0.29) is 18.3 Å². The Kier molecular flexibility index (Phi) is 5.19. The van der Waals surface area contributed by atoms with Gasteiger partial charge < -0.3 is 15.2 Å². The van der Waals surface area contributed by atoms with Crippen LogP contribution in [0.4, 0.5) is 0 Å². The van der Waals surface area contributed by atoms with Crippen molar-refractivity contribution in [3.8, 4) is 11.5 Å². The van der Waals surface area contributed by atoms with Gasteiger partial charge in [-0.2, -0.15) is 0 Å². The highest BCUT2D eigenvalue weighted by Gasteiger charge is 2.04. The average Bonchev–Trinajstić information content (AvgIpc) is 2.28. The van der Waals surface area contributed by atoms with Gasteiger partial charge >= 0.3 is 0 Å². The Balaban J connectivity index is 2.29. The summed E-state index contributed by atoms with van der Waals surface area (Å²) in [5.41, 5.74) is 0. The monoisotopic (exact) mass is 223 g/mol. The zero-order valence-corrected chi connectivity index (χ0v) is 9.40. The normalized spacial score (nSPS) is 9.81. The zero-order valence-electron chi connectivity index (χ0n) is 9.40. The number of ether oxygens (including phenoxy) is 1. The molecule has 2 N–H and O–H groups in total. The van der Waals surface area contributed by atoms with Crippen LogP contribution in [0.1, 0.15) is 19.8 Å². The molecular formula is C12H17NO3. The standard InChI is InChI=1S/C12H17NO3/c1-2-3-8-13-12(15)9-16-11-7-5-4-6-10(11)14/h4-7,14H,2-3,8-9H2,1H3,(H,13,15). The van der Waals surface area contributed by atoms with Crippen LogP contribution in [-0.2, 0) is 4.79 Å². The summed E-state index contributed by atoms with van der Waals surface area (Å²) in [6, 6.07) is 6.58. The lowest BCUT2D eigenvalue weighted by Crippen LogP contribution is -2.29. The fourth-order valence-electron chi connectivity index (χ4n) is 1.18. The first kappa shape index (κ1) is 12.4. The molecule has 0 saturated heterocycles. The molecule has 16 heavy (non-hydrogen) atoms. The van der Waals surface area contributed by atoms with Gasteiger partial charge in [-0.25, -0.2) is 0 Å². The minimum atomic E-state index is -0.170. The summed E-state index contributed by atoms with van der Waals surface area (Å²) in [5, 5.41) is 12.1. The van der Waals surface area contributed by atoms with Crippen molar-refractivity contribution < 1.29 is 14.6 Å². The van der Waals surface area contributed by atoms with Crippen molar-refractivity contribution in [2.45, 2.75) is 19.8 Å². The van der Waals surface area contributed by atoms with E-state index in [4.69, 9.17) is 4.74 Å². The second kappa shape index (κ2) is 6.71. The van der Waals surface area contributed by atoms with Crippen LogP contribution >= 0.6 is 0 Å². The van der Waals surface area contributed by atoms with Gasteiger partial charge in [0.05, 0.1) is 0 Å². The number of amides is 1. The molecule has 1 amide bonds. The SMILES string of the molecule is CCCCNC(=O)COc1ccccc1O. The van der Waals surface area contributed by atoms with Crippen molar-refractivity contribution in [2.75, 3.05) is 13.2 Å². The van der Waals surface area contributed by atoms with E-state index in [1.165, 1.54) is 6.07 Å². The number of phenolic OH excluding ortho intramolecular Hbond substituents is 1. The number of hydrogen-bond acceptors (Lipinski definition) is 3. The van der Waals surface area contributed by atoms with Gasteiger partial charge in [0.2, 0.25) is 0 Å². The molecule has 0 aromatic heterocycles. The van der Waals surface area contributed by atoms with Crippen LogP contribution in [0.25, 0.3) is 0 Å². The molecule has 1 rings (SSSR count). The van der Waals surface area contributed by atoms with E-state index in [1.54, 1.807) is 18.2 Å². The van der Waals surface area contributed by atoms with Gasteiger partial charge in [-0.3, -0.25) is 4.79 Å². The minimum absolute atomic E-state index is 0.0452. The molecule has 0 unspecified atom stereocenters. The molecule has 88 valence electrons. The number of para-hydroxylation sites is 2. The fourth-order valence-corrected chi connectivity index (χ4v) is 1.18. The molecule has 0 radical (unpaired) electrons. The van der Waals surface area contributed by atoms with Gasteiger partial charge in [0.1, 0.15) is 0 Å². The molecule has 1 aromatic rings. The molecule has 4 nitrogen and oxygen atoms in total. The molecule has 0 atom stereocenters. The lowest BCUT2D eigenvalue weighted by molar-refractivity contribution is -0.123. The maximum absolute atomic E-state index is 11.3. The molecule has 0 fully saturated rings. The quantitative estimate of drug-likeness (QED) is 0.721. The molecule has 4 heteroatoms. The summed E-state index contributed by atoms with van der Waals surface area (Å²) in [4.78, 5) is 11.3. The number of carbonyl (C=O) groups is 1. The molecule has 0 heterocycles. The van der Waals surface area contributed by atoms with Crippen LogP contribution in [0.3, 0.4) is 0 Å². The first-order valence-corrected chi connectivity index (χ1v) is 5.41. The fraction of sp³-hybridized carbons (Fsp3) is 0.417. The number of aromatic hydroxyl groups is 1. The molecular weight excluding hydrogens is 206 g/mol. The summed E-state index contributed by atoms with van der Waals surface area (Å²) in [5.74, 6) is 0.203. The Morgan fingerprint density at radius 1 is 1.44 bits per heavy atom. The van der Waals surface area contributed by atoms with Gasteiger partial charge in [-0.15, -0.1) is 0 Å². The highest BCUT2D eigenvalue weighted by Crippen LogP contribution is 2.23. The third kappa shape index (κ3) is 4.21. The first-order valence-electron chi connectivity index (χ1n) is 5.41. The van der Waals surface area contributed by atoms with Gasteiger partial charge in [0.25, 0.3) is 5.91 Å². The third-order valence-corrected chi connectivity index (χ3v) is 2.08. The van der Waals surface area contributed by atoms with Crippen LogP contribution in [0.5, 0.6) is 11.5 Å². The van der Waals surface area contributed by atoms with Gasteiger partial charge in [0.15, 0.2) is 18.1 Å². The average molecular weight is 223 g/mol. The second-order valence-corrected chi connectivity index (χ2v) is 3.46. The number of nitrogens with one attached hydrogen (secondary N) is 1. The van der Waals surface area contributed by atoms with Crippen molar-refractivity contribution >= 4 is 5.91 Å². The Morgan fingerprint density at radius 3 is 2.88 bits per heavy atom. The van der Waals surface area contributed by atoms with E-state index >= 15 is 0 Å². The number of carbonyl (C=O) groups excluding carboxylic acids is 1. The molecule has 1 aromatic carbocycles. The van der Waals surface area contributed by atoms with Crippen molar-refractivity contribution in [3.63, 3.8) is 0 Å². The number of benzene rings is 1. The van der Waals surface area contributed by atoms with Crippen molar-refractivity contribution in [3.05, 3.63) is 24.3 Å². The summed E-state index contributed by atoms with van der Waals surface area (Å²) < 4.78 is 5.17. The molecule has 0 spiro atoms. The Labute approximate surface area is 95.2 Å². The number of unbranched alkanes of at least 4 members (excludes halogenated alkanes) is 1. The third-order valence-electron chi connectivity index (χ3n) is 2.08. The topological polar surface area (TPSA) is 58.6 Å². The molecule has 0 bridgehead atoms. The van der Waals surface area contributed by atoms with Crippen molar-refractivity contribution in [2.24, 2.45) is 0 Å². The van der Waals surface area contributed by atoms with Crippen LogP contribution in [0, 0.1) is 0 Å². The highest BCUT2D eigenvalue weighted by atomic mass is 16.5. The Morgan fingerprint density at radius 2 is 2.19 bits per heavy atom. The molecule has 0 aliphatic heterocycles. The summed E-state index contributed by atoms with van der Waals surface area (Å²) >= 11 is 0. The summed E-state index contributed by atoms with van der Waals surface area (Å²) in [7, 11) is 0. The number of hydrogen-bond donors (Lipinski definition) is 2. The Hall–Kier alpha value is -1.71. The largest absolute Gasteiger partial charge is 0.504 e. The lowest BCUT2D eigenvalue weighted by atomic mass is 10.3. The van der Waals surface area contributed by atoms with Crippen LogP contribution in [-0.4, -0.2) is 24.2 Å². The van der Waals surface area contributed by atoms with Crippen molar-refractivity contribution in [1.82, 2.24) is 5.32 Å². The van der Waals surface area contributed by atoms with Crippen LogP contribution < -0.4 is 10.1 Å². The Bertz CT molecular complexity index is 339. The maximum atomic E-state index is 11.3. The van der Waals surface area contributed by atoms with E-state index < -0.39 is 0 Å². The maximum Gasteiger partial charge on any atom is 0.257 e. The van der Waals surface area contributed by atoms with Crippen LogP contribution in [0.15, 0.2) is 24.3 Å². The summed E-state index contributed by atoms with van der Waals surface area (Å²) in [6.07, 6.45) is 2.00. The lowest BCUT2D eigenvalue weighted by Gasteiger charge is -2.07. The van der Waals surface area contributed by atoms with E-state index in [9.17, 15) is 9.90 Å². The first-order chi connectivity index (χ1) is 7.74. The van der Waals surface area contributed by atoms with E-state index in [1.807, 2.05) is 0 Å². The van der Waals surface area contributed by atoms with E-state index in [0.29, 0.717) is 12.3 Å². The second-order valence-electron chi connectivity index (χ2n) is 3.46. The molecule has 0 saturated carbocycles. The number of phenols is 1. The molecule has 0 aliphatic rings. The van der Waals surface area contributed by atoms with Gasteiger partial charge in [0, 0.05) is 6.54 Å². The van der Waals surface area contributed by atoms with Gasteiger partial charge in [-0.1, -0.05) is 25.5 Å². The predicted molar refractivity (Wildman–Crippen MR) is 61.5 cm³/mol. The van der Waals surface area contributed by atoms with Gasteiger partial charge in [-0.05, 0) is 18.6 Å². The zero-order chi connectivity index (χ0) is 11.8. The predicted octanol–water partition coefficient (Wildman–Crippen LogP) is 1.69. The smallest absolute Gasteiger partial charge is 0.257 e. The summed E-state index contributed by atoms with van der Waals surface area (Å²) in [6.45, 7) is 2.66.